The first-order valence-electron chi connectivity index (χ1n) is 10.0. The minimum absolute atomic E-state index is 0. The second kappa shape index (κ2) is 14.0. The maximum atomic E-state index is 5.19. The summed E-state index contributed by atoms with van der Waals surface area (Å²) in [5.74, 6) is 2.67. The van der Waals surface area contributed by atoms with Crippen LogP contribution in [0.25, 0.3) is 0 Å². The van der Waals surface area contributed by atoms with Gasteiger partial charge in [0.2, 0.25) is 0 Å². The quantitative estimate of drug-likeness (QED) is 0.242. The summed E-state index contributed by atoms with van der Waals surface area (Å²) in [5.41, 5.74) is 1.30. The minimum atomic E-state index is 0. The fourth-order valence-corrected chi connectivity index (χ4v) is 3.50. The van der Waals surface area contributed by atoms with Gasteiger partial charge in [-0.3, -0.25) is 4.99 Å². The van der Waals surface area contributed by atoms with Crippen LogP contribution in [0.2, 0.25) is 0 Å². The van der Waals surface area contributed by atoms with E-state index >= 15 is 0 Å². The summed E-state index contributed by atoms with van der Waals surface area (Å²) >= 11 is 0. The van der Waals surface area contributed by atoms with Gasteiger partial charge in [0.05, 0.1) is 7.11 Å². The molecule has 1 aliphatic heterocycles. The molecule has 0 saturated carbocycles. The second-order valence-electron chi connectivity index (χ2n) is 7.28. The number of guanidine groups is 1. The predicted octanol–water partition coefficient (Wildman–Crippen LogP) is 3.53. The lowest BCUT2D eigenvalue weighted by atomic mass is 10.0. The molecular weight excluding hydrogens is 451 g/mol. The Morgan fingerprint density at radius 1 is 1.19 bits per heavy atom. The van der Waals surface area contributed by atoms with Crippen LogP contribution < -0.4 is 15.4 Å². The molecule has 2 rings (SSSR count). The van der Waals surface area contributed by atoms with Crippen molar-refractivity contribution in [1.82, 2.24) is 15.5 Å². The molecule has 1 aromatic rings. The van der Waals surface area contributed by atoms with Crippen LogP contribution in [0.1, 0.15) is 38.2 Å². The number of methoxy groups -OCH3 is 1. The number of benzene rings is 1. The van der Waals surface area contributed by atoms with E-state index in [1.165, 1.54) is 50.9 Å². The van der Waals surface area contributed by atoms with Crippen molar-refractivity contribution in [2.24, 2.45) is 10.9 Å². The summed E-state index contributed by atoms with van der Waals surface area (Å²) in [5, 5.41) is 6.81. The van der Waals surface area contributed by atoms with Gasteiger partial charge in [-0.25, -0.2) is 0 Å². The van der Waals surface area contributed by atoms with E-state index in [1.54, 1.807) is 7.11 Å². The van der Waals surface area contributed by atoms with E-state index in [2.05, 4.69) is 39.6 Å². The molecule has 1 aliphatic rings. The number of hydrogen-bond acceptors (Lipinski definition) is 3. The van der Waals surface area contributed by atoms with Crippen molar-refractivity contribution in [3.63, 3.8) is 0 Å². The van der Waals surface area contributed by atoms with E-state index in [0.717, 1.165) is 37.1 Å². The lowest BCUT2D eigenvalue weighted by Gasteiger charge is -2.30. The van der Waals surface area contributed by atoms with Crippen LogP contribution in [-0.4, -0.2) is 57.7 Å². The lowest BCUT2D eigenvalue weighted by molar-refractivity contribution is 0.181. The highest BCUT2D eigenvalue weighted by Gasteiger charge is 2.15. The first kappa shape index (κ1) is 24.0. The molecule has 1 saturated heterocycles. The smallest absolute Gasteiger partial charge is 0.190 e. The molecule has 0 aromatic heterocycles. The normalized spacial score (nSPS) is 17.9. The first-order chi connectivity index (χ1) is 12.7. The predicted molar refractivity (Wildman–Crippen MR) is 126 cm³/mol. The van der Waals surface area contributed by atoms with Crippen LogP contribution >= 0.6 is 24.0 Å². The molecule has 6 heteroatoms. The highest BCUT2D eigenvalue weighted by Crippen LogP contribution is 2.15. The molecule has 1 aromatic carbocycles. The summed E-state index contributed by atoms with van der Waals surface area (Å²) in [4.78, 5) is 6.93. The maximum Gasteiger partial charge on any atom is 0.190 e. The fraction of sp³-hybridized carbons (Fsp3) is 0.667. The summed E-state index contributed by atoms with van der Waals surface area (Å²) in [6.07, 6.45) is 6.17. The number of halogens is 1. The number of nitrogens with one attached hydrogen (secondary N) is 2. The van der Waals surface area contributed by atoms with Gasteiger partial charge in [0.1, 0.15) is 5.75 Å². The molecule has 1 heterocycles. The van der Waals surface area contributed by atoms with Gasteiger partial charge >= 0.3 is 0 Å². The lowest BCUT2D eigenvalue weighted by Crippen LogP contribution is -2.39. The fourth-order valence-electron chi connectivity index (χ4n) is 3.50. The van der Waals surface area contributed by atoms with Gasteiger partial charge in [0.15, 0.2) is 5.96 Å². The van der Waals surface area contributed by atoms with Gasteiger partial charge in [0.25, 0.3) is 0 Å². The van der Waals surface area contributed by atoms with Crippen molar-refractivity contribution in [2.45, 2.75) is 39.0 Å². The maximum absolute atomic E-state index is 5.19. The van der Waals surface area contributed by atoms with Gasteiger partial charge in [0, 0.05) is 26.7 Å². The van der Waals surface area contributed by atoms with Crippen molar-refractivity contribution >= 4 is 29.9 Å². The molecule has 27 heavy (non-hydrogen) atoms. The highest BCUT2D eigenvalue weighted by molar-refractivity contribution is 14.0. The average Bonchev–Trinajstić information content (AvgIpc) is 2.67. The minimum Gasteiger partial charge on any atom is -0.497 e. The molecular formula is C21H37IN4O. The average molecular weight is 488 g/mol. The standard InChI is InChI=1S/C21H36N4O.HI/c1-18-7-6-16-25(17-18)15-5-4-13-23-21(22-2)24-14-12-19-8-10-20(26-3)11-9-19;/h8-11,18H,4-7,12-17H2,1-3H3,(H2,22,23,24);1H. The van der Waals surface area contributed by atoms with E-state index in [-0.39, 0.29) is 24.0 Å². The molecule has 0 amide bonds. The number of hydrogen-bond donors (Lipinski definition) is 2. The number of aliphatic imine (C=N–C) groups is 1. The van der Waals surface area contributed by atoms with Crippen molar-refractivity contribution in [3.05, 3.63) is 29.8 Å². The topological polar surface area (TPSA) is 48.9 Å². The van der Waals surface area contributed by atoms with E-state index in [0.29, 0.717) is 0 Å². The number of piperidine rings is 1. The summed E-state index contributed by atoms with van der Waals surface area (Å²) in [6, 6.07) is 8.23. The number of likely N-dealkylation sites (tertiary alicyclic amines) is 1. The van der Waals surface area contributed by atoms with E-state index < -0.39 is 0 Å². The Morgan fingerprint density at radius 3 is 2.59 bits per heavy atom. The van der Waals surface area contributed by atoms with Crippen LogP contribution in [0.15, 0.2) is 29.3 Å². The van der Waals surface area contributed by atoms with Crippen LogP contribution in [0, 0.1) is 5.92 Å². The third-order valence-electron chi connectivity index (χ3n) is 5.02. The number of unbranched alkanes of at least 4 members (excludes halogenated alkanes) is 1. The Bertz CT molecular complexity index is 535. The van der Waals surface area contributed by atoms with Crippen LogP contribution in [0.3, 0.4) is 0 Å². The Labute approximate surface area is 182 Å². The number of nitrogens with zero attached hydrogens (tertiary/aromatic N) is 2. The van der Waals surface area contributed by atoms with Crippen LogP contribution in [0.4, 0.5) is 0 Å². The molecule has 0 radical (unpaired) electrons. The van der Waals surface area contributed by atoms with Crippen molar-refractivity contribution in [2.75, 3.05) is 46.9 Å². The summed E-state index contributed by atoms with van der Waals surface area (Å²) in [6.45, 7) is 8.02. The van der Waals surface area contributed by atoms with Crippen molar-refractivity contribution in [3.8, 4) is 5.75 Å². The third kappa shape index (κ3) is 9.65. The van der Waals surface area contributed by atoms with Crippen molar-refractivity contribution in [1.29, 1.82) is 0 Å². The van der Waals surface area contributed by atoms with Gasteiger partial charge in [-0.1, -0.05) is 19.1 Å². The second-order valence-corrected chi connectivity index (χ2v) is 7.28. The zero-order chi connectivity index (χ0) is 18.6. The SMILES string of the molecule is CN=C(NCCCCN1CCCC(C)C1)NCCc1ccc(OC)cc1.I. The van der Waals surface area contributed by atoms with Gasteiger partial charge < -0.3 is 20.3 Å². The molecule has 2 N–H and O–H groups in total. The molecule has 1 atom stereocenters. The molecule has 0 spiro atoms. The Balaban J connectivity index is 0.00000364. The number of ether oxygens (including phenoxy) is 1. The summed E-state index contributed by atoms with van der Waals surface area (Å²) < 4.78 is 5.19. The molecule has 5 nitrogen and oxygen atoms in total. The Kier molecular flexibility index (Phi) is 12.5. The molecule has 0 bridgehead atoms. The molecule has 0 aliphatic carbocycles. The van der Waals surface area contributed by atoms with E-state index in [4.69, 9.17) is 4.74 Å². The van der Waals surface area contributed by atoms with Gasteiger partial charge in [-0.15, -0.1) is 24.0 Å². The van der Waals surface area contributed by atoms with Crippen LogP contribution in [-0.2, 0) is 6.42 Å². The molecule has 1 unspecified atom stereocenters. The van der Waals surface area contributed by atoms with Gasteiger partial charge in [-0.05, 0) is 68.8 Å². The Hall–Kier alpha value is -1.02. The monoisotopic (exact) mass is 488 g/mol. The third-order valence-corrected chi connectivity index (χ3v) is 5.02. The van der Waals surface area contributed by atoms with Crippen molar-refractivity contribution < 1.29 is 4.74 Å². The molecule has 154 valence electrons. The van der Waals surface area contributed by atoms with E-state index in [9.17, 15) is 0 Å². The number of rotatable bonds is 9. The zero-order valence-electron chi connectivity index (χ0n) is 17.2. The van der Waals surface area contributed by atoms with Gasteiger partial charge in [-0.2, -0.15) is 0 Å². The highest BCUT2D eigenvalue weighted by atomic mass is 127. The Morgan fingerprint density at radius 2 is 1.93 bits per heavy atom. The zero-order valence-corrected chi connectivity index (χ0v) is 19.5. The van der Waals surface area contributed by atoms with Crippen LogP contribution in [0.5, 0.6) is 5.75 Å². The summed E-state index contributed by atoms with van der Waals surface area (Å²) in [7, 11) is 3.52. The largest absolute Gasteiger partial charge is 0.497 e. The molecule has 1 fully saturated rings. The van der Waals surface area contributed by atoms with E-state index in [1.807, 2.05) is 19.2 Å². The first-order valence-corrected chi connectivity index (χ1v) is 10.0.